The molecule has 1 saturated carbocycles. The zero-order valence-electron chi connectivity index (χ0n) is 12.7. The minimum atomic E-state index is 0.626. The van der Waals surface area contributed by atoms with Crippen molar-refractivity contribution >= 4 is 0 Å². The molecular weight excluding hydrogens is 230 g/mol. The van der Waals surface area contributed by atoms with Crippen LogP contribution in [0.25, 0.3) is 0 Å². The van der Waals surface area contributed by atoms with Crippen molar-refractivity contribution < 1.29 is 0 Å². The molecule has 1 aliphatic rings. The molecule has 0 heterocycles. The lowest BCUT2D eigenvalue weighted by Crippen LogP contribution is -2.31. The number of hydrogen-bond donors (Lipinski definition) is 1. The van der Waals surface area contributed by atoms with Gasteiger partial charge in [0.15, 0.2) is 0 Å². The highest BCUT2D eigenvalue weighted by molar-refractivity contribution is 5.25. The van der Waals surface area contributed by atoms with Gasteiger partial charge in [0.05, 0.1) is 0 Å². The van der Waals surface area contributed by atoms with Crippen LogP contribution in [0.3, 0.4) is 0 Å². The Labute approximate surface area is 118 Å². The third kappa shape index (κ3) is 3.82. The Morgan fingerprint density at radius 1 is 1.11 bits per heavy atom. The summed E-state index contributed by atoms with van der Waals surface area (Å²) < 4.78 is 0. The van der Waals surface area contributed by atoms with E-state index in [0.717, 1.165) is 24.3 Å². The summed E-state index contributed by atoms with van der Waals surface area (Å²) in [5.74, 6) is 3.03. The highest BCUT2D eigenvalue weighted by Crippen LogP contribution is 2.35. The molecule has 3 unspecified atom stereocenters. The van der Waals surface area contributed by atoms with Crippen LogP contribution in [0.15, 0.2) is 24.3 Å². The molecule has 1 heteroatoms. The zero-order valence-corrected chi connectivity index (χ0v) is 12.7. The van der Waals surface area contributed by atoms with Crippen molar-refractivity contribution in [3.8, 4) is 0 Å². The summed E-state index contributed by atoms with van der Waals surface area (Å²) >= 11 is 0. The SMILES string of the molecule is CC1CCC(CN)C(Cc2ccc(C(C)C)cc2)C1. The second kappa shape index (κ2) is 6.56. The number of nitrogens with two attached hydrogens (primary N) is 1. The highest BCUT2D eigenvalue weighted by atomic mass is 14.6. The molecule has 3 atom stereocenters. The monoisotopic (exact) mass is 259 g/mol. The van der Waals surface area contributed by atoms with Crippen molar-refractivity contribution in [3.63, 3.8) is 0 Å². The minimum absolute atomic E-state index is 0.626. The summed E-state index contributed by atoms with van der Waals surface area (Å²) in [6.07, 6.45) is 5.26. The Hall–Kier alpha value is -0.820. The number of rotatable bonds is 4. The predicted molar refractivity (Wildman–Crippen MR) is 83.3 cm³/mol. The largest absolute Gasteiger partial charge is 0.330 e. The second-order valence-electron chi connectivity index (χ2n) is 6.77. The van der Waals surface area contributed by atoms with Gasteiger partial charge in [0.25, 0.3) is 0 Å². The van der Waals surface area contributed by atoms with Crippen molar-refractivity contribution in [1.29, 1.82) is 0 Å². The Morgan fingerprint density at radius 2 is 1.79 bits per heavy atom. The summed E-state index contributed by atoms with van der Waals surface area (Å²) in [7, 11) is 0. The van der Waals surface area contributed by atoms with Crippen LogP contribution in [0.1, 0.15) is 57.1 Å². The fourth-order valence-electron chi connectivity index (χ4n) is 3.46. The summed E-state index contributed by atoms with van der Waals surface area (Å²) in [6, 6.07) is 9.23. The fraction of sp³-hybridized carbons (Fsp3) is 0.667. The molecule has 19 heavy (non-hydrogen) atoms. The molecule has 1 fully saturated rings. The summed E-state index contributed by atoms with van der Waals surface area (Å²) in [4.78, 5) is 0. The van der Waals surface area contributed by atoms with Crippen molar-refractivity contribution in [2.75, 3.05) is 6.54 Å². The molecule has 1 aromatic rings. The van der Waals surface area contributed by atoms with E-state index in [1.165, 1.54) is 36.8 Å². The van der Waals surface area contributed by atoms with Gasteiger partial charge in [0.2, 0.25) is 0 Å². The average molecular weight is 259 g/mol. The molecule has 2 rings (SSSR count). The van der Waals surface area contributed by atoms with Gasteiger partial charge in [0, 0.05) is 0 Å². The lowest BCUT2D eigenvalue weighted by Gasteiger charge is -2.34. The van der Waals surface area contributed by atoms with Crippen LogP contribution >= 0.6 is 0 Å². The number of benzene rings is 1. The molecule has 1 aromatic carbocycles. The topological polar surface area (TPSA) is 26.0 Å². The van der Waals surface area contributed by atoms with E-state index >= 15 is 0 Å². The molecule has 0 saturated heterocycles. The summed E-state index contributed by atoms with van der Waals surface area (Å²) in [5.41, 5.74) is 8.89. The maximum Gasteiger partial charge on any atom is -0.00461 e. The van der Waals surface area contributed by atoms with E-state index in [4.69, 9.17) is 5.73 Å². The van der Waals surface area contributed by atoms with Crippen molar-refractivity contribution in [3.05, 3.63) is 35.4 Å². The van der Waals surface area contributed by atoms with E-state index in [-0.39, 0.29) is 0 Å². The Kier molecular flexibility index (Phi) is 5.04. The van der Waals surface area contributed by atoms with Crippen LogP contribution < -0.4 is 5.73 Å². The van der Waals surface area contributed by atoms with Gasteiger partial charge in [0.1, 0.15) is 0 Å². The zero-order chi connectivity index (χ0) is 13.8. The molecule has 2 N–H and O–H groups in total. The molecule has 0 amide bonds. The molecule has 1 nitrogen and oxygen atoms in total. The first-order valence-electron chi connectivity index (χ1n) is 7.89. The van der Waals surface area contributed by atoms with Crippen molar-refractivity contribution in [2.24, 2.45) is 23.5 Å². The van der Waals surface area contributed by atoms with Gasteiger partial charge >= 0.3 is 0 Å². The van der Waals surface area contributed by atoms with E-state index < -0.39 is 0 Å². The highest BCUT2D eigenvalue weighted by Gasteiger charge is 2.27. The van der Waals surface area contributed by atoms with Crippen LogP contribution in [0.5, 0.6) is 0 Å². The fourth-order valence-corrected chi connectivity index (χ4v) is 3.46. The van der Waals surface area contributed by atoms with Gasteiger partial charge in [-0.15, -0.1) is 0 Å². The van der Waals surface area contributed by atoms with Gasteiger partial charge in [-0.05, 0) is 60.6 Å². The third-order valence-corrected chi connectivity index (χ3v) is 4.85. The number of hydrogen-bond acceptors (Lipinski definition) is 1. The van der Waals surface area contributed by atoms with Gasteiger partial charge in [-0.25, -0.2) is 0 Å². The Bertz CT molecular complexity index is 379. The van der Waals surface area contributed by atoms with Crippen molar-refractivity contribution in [2.45, 2.75) is 52.4 Å². The van der Waals surface area contributed by atoms with Gasteiger partial charge in [-0.2, -0.15) is 0 Å². The summed E-state index contributed by atoms with van der Waals surface area (Å²) in [5, 5.41) is 0. The first-order valence-corrected chi connectivity index (χ1v) is 7.89. The van der Waals surface area contributed by atoms with E-state index in [2.05, 4.69) is 45.0 Å². The predicted octanol–water partition coefficient (Wildman–Crippen LogP) is 4.36. The quantitative estimate of drug-likeness (QED) is 0.854. The molecule has 0 aliphatic heterocycles. The van der Waals surface area contributed by atoms with Gasteiger partial charge < -0.3 is 5.73 Å². The van der Waals surface area contributed by atoms with Crippen LogP contribution in [0, 0.1) is 17.8 Å². The standard InChI is InChI=1S/C18H29N/c1-13(2)16-8-5-15(6-9-16)11-18-10-14(3)4-7-17(18)12-19/h5-6,8-9,13-14,17-18H,4,7,10-12,19H2,1-3H3. The molecule has 0 spiro atoms. The normalized spacial score (nSPS) is 27.7. The van der Waals surface area contributed by atoms with Crippen LogP contribution in [0.4, 0.5) is 0 Å². The molecular formula is C18H29N. The second-order valence-corrected chi connectivity index (χ2v) is 6.77. The average Bonchev–Trinajstić information content (AvgIpc) is 2.39. The van der Waals surface area contributed by atoms with Crippen LogP contribution in [-0.2, 0) is 6.42 Å². The first kappa shape index (κ1) is 14.6. The molecule has 0 radical (unpaired) electrons. The molecule has 1 aliphatic carbocycles. The molecule has 0 bridgehead atoms. The minimum Gasteiger partial charge on any atom is -0.330 e. The van der Waals surface area contributed by atoms with Crippen LogP contribution in [0.2, 0.25) is 0 Å². The lowest BCUT2D eigenvalue weighted by atomic mass is 9.72. The smallest absolute Gasteiger partial charge is 0.00461 e. The lowest BCUT2D eigenvalue weighted by molar-refractivity contribution is 0.193. The molecule has 106 valence electrons. The van der Waals surface area contributed by atoms with Crippen LogP contribution in [-0.4, -0.2) is 6.54 Å². The maximum atomic E-state index is 5.96. The van der Waals surface area contributed by atoms with Crippen molar-refractivity contribution in [1.82, 2.24) is 0 Å². The maximum absolute atomic E-state index is 5.96. The summed E-state index contributed by atoms with van der Waals surface area (Å²) in [6.45, 7) is 7.76. The first-order chi connectivity index (χ1) is 9.10. The Morgan fingerprint density at radius 3 is 2.37 bits per heavy atom. The Balaban J connectivity index is 2.02. The molecule has 0 aromatic heterocycles. The van der Waals surface area contributed by atoms with E-state index in [1.807, 2.05) is 0 Å². The third-order valence-electron chi connectivity index (χ3n) is 4.85. The van der Waals surface area contributed by atoms with Gasteiger partial charge in [-0.1, -0.05) is 51.5 Å². The van der Waals surface area contributed by atoms with E-state index in [1.54, 1.807) is 0 Å². The van der Waals surface area contributed by atoms with E-state index in [0.29, 0.717) is 5.92 Å². The van der Waals surface area contributed by atoms with Gasteiger partial charge in [-0.3, -0.25) is 0 Å². The van der Waals surface area contributed by atoms with E-state index in [9.17, 15) is 0 Å².